The number of carboxylic acid groups (broad SMARTS) is 1. The predicted octanol–water partition coefficient (Wildman–Crippen LogP) is 2.20. The van der Waals surface area contributed by atoms with Gasteiger partial charge in [0.2, 0.25) is 0 Å². The van der Waals surface area contributed by atoms with E-state index < -0.39 is 11.9 Å². The zero-order valence-electron chi connectivity index (χ0n) is 7.16. The van der Waals surface area contributed by atoms with Crippen LogP contribution < -0.4 is 0 Å². The molecule has 0 bridgehead atoms. The lowest BCUT2D eigenvalue weighted by Crippen LogP contribution is -2.08. The first-order chi connectivity index (χ1) is 6.59. The molecule has 0 saturated heterocycles. The molecule has 0 aliphatic heterocycles. The van der Waals surface area contributed by atoms with Crippen LogP contribution in [0.5, 0.6) is 0 Å². The molecule has 0 heterocycles. The molecular formula is C10H7BrO3. The Morgan fingerprint density at radius 1 is 1.50 bits per heavy atom. The summed E-state index contributed by atoms with van der Waals surface area (Å²) >= 11 is 3.25. The maximum absolute atomic E-state index is 11.4. The third-order valence-electron chi connectivity index (χ3n) is 2.38. The van der Waals surface area contributed by atoms with Crippen LogP contribution in [0.4, 0.5) is 0 Å². The van der Waals surface area contributed by atoms with Gasteiger partial charge in [0.15, 0.2) is 5.78 Å². The molecule has 1 aliphatic rings. The number of fused-ring (bicyclic) bond motifs is 1. The summed E-state index contributed by atoms with van der Waals surface area (Å²) in [4.78, 5) is 22.3. The third-order valence-corrected chi connectivity index (χ3v) is 2.87. The number of carboxylic acids is 1. The Kier molecular flexibility index (Phi) is 2.15. The molecule has 0 amide bonds. The topological polar surface area (TPSA) is 54.4 Å². The molecular weight excluding hydrogens is 248 g/mol. The van der Waals surface area contributed by atoms with E-state index in [4.69, 9.17) is 5.11 Å². The monoisotopic (exact) mass is 254 g/mol. The Labute approximate surface area is 88.9 Å². The molecule has 1 atom stereocenters. The van der Waals surface area contributed by atoms with Gasteiger partial charge in [-0.1, -0.05) is 22.0 Å². The Morgan fingerprint density at radius 3 is 2.86 bits per heavy atom. The highest BCUT2D eigenvalue weighted by atomic mass is 79.9. The molecule has 0 spiro atoms. The van der Waals surface area contributed by atoms with Crippen LogP contribution in [0.15, 0.2) is 22.7 Å². The second-order valence-corrected chi connectivity index (χ2v) is 4.17. The number of hydrogen-bond acceptors (Lipinski definition) is 2. The van der Waals surface area contributed by atoms with Crippen molar-refractivity contribution in [3.05, 3.63) is 33.8 Å². The Balaban J connectivity index is 2.55. The van der Waals surface area contributed by atoms with Gasteiger partial charge in [-0.3, -0.25) is 9.59 Å². The van der Waals surface area contributed by atoms with Gasteiger partial charge in [0.1, 0.15) is 0 Å². The quantitative estimate of drug-likeness (QED) is 0.836. The standard InChI is InChI=1S/C10H7BrO3/c11-5-1-2-6-7(3-5)9(12)4-8(6)10(13)14/h1-3,8H,4H2,(H,13,14). The maximum atomic E-state index is 11.4. The first-order valence-electron chi connectivity index (χ1n) is 4.15. The maximum Gasteiger partial charge on any atom is 0.311 e. The molecule has 0 aromatic heterocycles. The average Bonchev–Trinajstić information content (AvgIpc) is 2.44. The number of aliphatic carboxylic acids is 1. The van der Waals surface area contributed by atoms with Crippen LogP contribution in [0.2, 0.25) is 0 Å². The Morgan fingerprint density at radius 2 is 2.21 bits per heavy atom. The normalized spacial score (nSPS) is 19.5. The van der Waals surface area contributed by atoms with Crippen molar-refractivity contribution in [3.8, 4) is 0 Å². The van der Waals surface area contributed by atoms with E-state index in [0.29, 0.717) is 11.1 Å². The lowest BCUT2D eigenvalue weighted by molar-refractivity contribution is -0.138. The fourth-order valence-electron chi connectivity index (χ4n) is 1.70. The van der Waals surface area contributed by atoms with E-state index in [1.807, 2.05) is 0 Å². The third kappa shape index (κ3) is 1.35. The van der Waals surface area contributed by atoms with E-state index in [2.05, 4.69) is 15.9 Å². The van der Waals surface area contributed by atoms with Crippen molar-refractivity contribution in [1.29, 1.82) is 0 Å². The fourth-order valence-corrected chi connectivity index (χ4v) is 2.06. The smallest absolute Gasteiger partial charge is 0.311 e. The largest absolute Gasteiger partial charge is 0.481 e. The molecule has 1 N–H and O–H groups in total. The van der Waals surface area contributed by atoms with Crippen molar-refractivity contribution in [2.24, 2.45) is 0 Å². The van der Waals surface area contributed by atoms with Crippen molar-refractivity contribution in [1.82, 2.24) is 0 Å². The summed E-state index contributed by atoms with van der Waals surface area (Å²) in [6.45, 7) is 0. The average molecular weight is 255 g/mol. The van der Waals surface area contributed by atoms with E-state index >= 15 is 0 Å². The van der Waals surface area contributed by atoms with Gasteiger partial charge in [-0.15, -0.1) is 0 Å². The molecule has 0 fully saturated rings. The lowest BCUT2D eigenvalue weighted by atomic mass is 10.0. The SMILES string of the molecule is O=C1CC(C(=O)O)c2ccc(Br)cc21. The van der Waals surface area contributed by atoms with E-state index in [0.717, 1.165) is 4.47 Å². The van der Waals surface area contributed by atoms with Crippen LogP contribution >= 0.6 is 15.9 Å². The van der Waals surface area contributed by atoms with Gasteiger partial charge in [-0.25, -0.2) is 0 Å². The molecule has 1 aromatic carbocycles. The van der Waals surface area contributed by atoms with Crippen LogP contribution in [-0.4, -0.2) is 16.9 Å². The number of carbonyl (C=O) groups is 2. The molecule has 1 unspecified atom stereocenters. The van der Waals surface area contributed by atoms with E-state index in [1.165, 1.54) is 0 Å². The van der Waals surface area contributed by atoms with Crippen molar-refractivity contribution in [3.63, 3.8) is 0 Å². The van der Waals surface area contributed by atoms with Gasteiger partial charge < -0.3 is 5.11 Å². The highest BCUT2D eigenvalue weighted by molar-refractivity contribution is 9.10. The fraction of sp³-hybridized carbons (Fsp3) is 0.200. The van der Waals surface area contributed by atoms with Gasteiger partial charge in [0.05, 0.1) is 5.92 Å². The van der Waals surface area contributed by atoms with Crippen molar-refractivity contribution in [2.75, 3.05) is 0 Å². The zero-order valence-corrected chi connectivity index (χ0v) is 8.74. The van der Waals surface area contributed by atoms with Gasteiger partial charge in [-0.05, 0) is 17.7 Å². The summed E-state index contributed by atoms with van der Waals surface area (Å²) < 4.78 is 0.802. The number of rotatable bonds is 1. The van der Waals surface area contributed by atoms with Crippen LogP contribution in [0.3, 0.4) is 0 Å². The number of ketones is 1. The van der Waals surface area contributed by atoms with Crippen LogP contribution in [0, 0.1) is 0 Å². The van der Waals surface area contributed by atoms with Gasteiger partial charge in [0.25, 0.3) is 0 Å². The molecule has 14 heavy (non-hydrogen) atoms. The minimum absolute atomic E-state index is 0.0844. The number of benzene rings is 1. The molecule has 0 radical (unpaired) electrons. The van der Waals surface area contributed by atoms with E-state index in [9.17, 15) is 9.59 Å². The molecule has 1 aliphatic carbocycles. The number of hydrogen-bond donors (Lipinski definition) is 1. The molecule has 0 saturated carbocycles. The second kappa shape index (κ2) is 3.20. The van der Waals surface area contributed by atoms with Crippen molar-refractivity contribution in [2.45, 2.75) is 12.3 Å². The summed E-state index contributed by atoms with van der Waals surface area (Å²) in [6, 6.07) is 5.14. The van der Waals surface area contributed by atoms with Gasteiger partial charge in [0, 0.05) is 16.5 Å². The molecule has 72 valence electrons. The molecule has 4 heteroatoms. The summed E-state index contributed by atoms with van der Waals surface area (Å²) in [5.74, 6) is -1.68. The van der Waals surface area contributed by atoms with Crippen LogP contribution in [0.25, 0.3) is 0 Å². The first-order valence-corrected chi connectivity index (χ1v) is 4.94. The molecule has 2 rings (SSSR count). The van der Waals surface area contributed by atoms with E-state index in [-0.39, 0.29) is 12.2 Å². The van der Waals surface area contributed by atoms with Crippen molar-refractivity contribution < 1.29 is 14.7 Å². The summed E-state index contributed by atoms with van der Waals surface area (Å²) in [5, 5.41) is 8.88. The molecule has 1 aromatic rings. The Hall–Kier alpha value is -1.16. The Bertz CT molecular complexity index is 425. The predicted molar refractivity (Wildman–Crippen MR) is 53.5 cm³/mol. The van der Waals surface area contributed by atoms with Crippen molar-refractivity contribution >= 4 is 27.7 Å². The summed E-state index contributed by atoms with van der Waals surface area (Å²) in [6.07, 6.45) is 0.0844. The highest BCUT2D eigenvalue weighted by Crippen LogP contribution is 2.34. The van der Waals surface area contributed by atoms with E-state index in [1.54, 1.807) is 18.2 Å². The zero-order chi connectivity index (χ0) is 10.3. The molecule has 3 nitrogen and oxygen atoms in total. The number of halogens is 1. The number of Topliss-reactive ketones (excluding diaryl/α,β-unsaturated/α-hetero) is 1. The van der Waals surface area contributed by atoms with Crippen LogP contribution in [0.1, 0.15) is 28.3 Å². The minimum Gasteiger partial charge on any atom is -0.481 e. The second-order valence-electron chi connectivity index (χ2n) is 3.25. The lowest BCUT2D eigenvalue weighted by Gasteiger charge is -2.03. The minimum atomic E-state index is -0.931. The van der Waals surface area contributed by atoms with Gasteiger partial charge >= 0.3 is 5.97 Å². The van der Waals surface area contributed by atoms with Gasteiger partial charge in [-0.2, -0.15) is 0 Å². The number of carbonyl (C=O) groups excluding carboxylic acids is 1. The summed E-state index contributed by atoms with van der Waals surface area (Å²) in [5.41, 5.74) is 1.16. The van der Waals surface area contributed by atoms with Crippen LogP contribution in [-0.2, 0) is 4.79 Å². The highest BCUT2D eigenvalue weighted by Gasteiger charge is 2.33. The first kappa shape index (κ1) is 9.40. The summed E-state index contributed by atoms with van der Waals surface area (Å²) in [7, 11) is 0.